The average Bonchev–Trinajstić information content (AvgIpc) is 2.85. The van der Waals surface area contributed by atoms with Gasteiger partial charge in [-0.15, -0.1) is 0 Å². The summed E-state index contributed by atoms with van der Waals surface area (Å²) in [6.07, 6.45) is 5.87. The van der Waals surface area contributed by atoms with Crippen molar-refractivity contribution in [3.8, 4) is 11.5 Å². The van der Waals surface area contributed by atoms with E-state index in [1.807, 2.05) is 60.5 Å². The maximum Gasteiger partial charge on any atom is 0.135 e. The Kier molecular flexibility index (Phi) is 2.64. The van der Waals surface area contributed by atoms with E-state index in [9.17, 15) is 0 Å². The highest BCUT2D eigenvalue weighted by molar-refractivity contribution is 5.94. The number of imidazole rings is 1. The van der Waals surface area contributed by atoms with Gasteiger partial charge in [0.05, 0.1) is 18.2 Å². The summed E-state index contributed by atoms with van der Waals surface area (Å²) in [5, 5.41) is 0. The van der Waals surface area contributed by atoms with Crippen LogP contribution in [0.25, 0.3) is 11.6 Å². The van der Waals surface area contributed by atoms with Gasteiger partial charge in [-0.1, -0.05) is 36.4 Å². The molecule has 2 aromatic carbocycles. The molecule has 0 spiro atoms. The number of para-hydroxylation sites is 2. The number of aromatic nitrogens is 2. The first-order valence-corrected chi connectivity index (χ1v) is 6.87. The molecule has 102 valence electrons. The lowest BCUT2D eigenvalue weighted by Gasteiger charge is -2.11. The van der Waals surface area contributed by atoms with E-state index in [1.165, 1.54) is 0 Å². The van der Waals surface area contributed by atoms with Crippen LogP contribution in [-0.2, 0) is 7.05 Å². The van der Waals surface area contributed by atoms with Crippen molar-refractivity contribution in [3.05, 3.63) is 77.9 Å². The Bertz CT molecular complexity index is 846. The molecule has 3 heteroatoms. The number of rotatable bonds is 1. The van der Waals surface area contributed by atoms with E-state index in [0.29, 0.717) is 0 Å². The van der Waals surface area contributed by atoms with Crippen molar-refractivity contribution in [2.75, 3.05) is 0 Å². The number of hydrogen-bond donors (Lipinski definition) is 0. The molecular formula is C18H14N2O. The lowest BCUT2D eigenvalue weighted by Crippen LogP contribution is -1.96. The third-order valence-corrected chi connectivity index (χ3v) is 3.71. The Morgan fingerprint density at radius 1 is 0.952 bits per heavy atom. The van der Waals surface area contributed by atoms with Crippen molar-refractivity contribution in [1.29, 1.82) is 0 Å². The third-order valence-electron chi connectivity index (χ3n) is 3.71. The summed E-state index contributed by atoms with van der Waals surface area (Å²) in [5.74, 6) is 1.75. The van der Waals surface area contributed by atoms with Crippen LogP contribution in [0.15, 0.2) is 61.1 Å². The molecule has 0 radical (unpaired) electrons. The van der Waals surface area contributed by atoms with E-state index in [1.54, 1.807) is 0 Å². The summed E-state index contributed by atoms with van der Waals surface area (Å²) in [6, 6.07) is 16.2. The second-order valence-electron chi connectivity index (χ2n) is 5.08. The van der Waals surface area contributed by atoms with Crippen LogP contribution < -0.4 is 4.74 Å². The molecule has 0 saturated carbocycles. The fourth-order valence-electron chi connectivity index (χ4n) is 2.65. The van der Waals surface area contributed by atoms with Gasteiger partial charge in [-0.3, -0.25) is 0 Å². The van der Waals surface area contributed by atoms with Crippen molar-refractivity contribution >= 4 is 11.6 Å². The standard InChI is InChI=1S/C18H14N2O/c1-20-12-19-11-16(20)15-10-13-6-2-4-8-17(13)21-18-9-5-3-7-14(15)18/h2-12H,1H3. The first kappa shape index (κ1) is 12.0. The number of hydrogen-bond acceptors (Lipinski definition) is 2. The van der Waals surface area contributed by atoms with Gasteiger partial charge >= 0.3 is 0 Å². The zero-order valence-corrected chi connectivity index (χ0v) is 11.7. The van der Waals surface area contributed by atoms with Gasteiger partial charge in [0.25, 0.3) is 0 Å². The maximum atomic E-state index is 6.09. The summed E-state index contributed by atoms with van der Waals surface area (Å²) in [6.45, 7) is 0. The molecule has 0 N–H and O–H groups in total. The minimum absolute atomic E-state index is 0.870. The molecule has 3 nitrogen and oxygen atoms in total. The van der Waals surface area contributed by atoms with Crippen molar-refractivity contribution in [1.82, 2.24) is 9.55 Å². The van der Waals surface area contributed by atoms with Gasteiger partial charge in [-0.2, -0.15) is 0 Å². The van der Waals surface area contributed by atoms with E-state index in [4.69, 9.17) is 4.74 Å². The van der Waals surface area contributed by atoms with E-state index in [0.717, 1.165) is 33.9 Å². The number of aryl methyl sites for hydroxylation is 1. The lowest BCUT2D eigenvalue weighted by atomic mass is 10.00. The first-order chi connectivity index (χ1) is 10.3. The fourth-order valence-corrected chi connectivity index (χ4v) is 2.65. The minimum atomic E-state index is 0.870. The highest BCUT2D eigenvalue weighted by Gasteiger charge is 2.18. The van der Waals surface area contributed by atoms with Gasteiger partial charge in [0.2, 0.25) is 0 Å². The van der Waals surface area contributed by atoms with Gasteiger partial charge in [-0.25, -0.2) is 4.98 Å². The normalized spacial score (nSPS) is 12.7. The van der Waals surface area contributed by atoms with Gasteiger partial charge in [-0.05, 0) is 18.2 Å². The number of ether oxygens (including phenoxy) is 1. The van der Waals surface area contributed by atoms with Crippen LogP contribution in [0.5, 0.6) is 11.5 Å². The Morgan fingerprint density at radius 3 is 2.52 bits per heavy atom. The van der Waals surface area contributed by atoms with Gasteiger partial charge in [0.15, 0.2) is 0 Å². The predicted molar refractivity (Wildman–Crippen MR) is 83.1 cm³/mol. The summed E-state index contributed by atoms with van der Waals surface area (Å²) in [5.41, 5.74) is 4.35. The maximum absolute atomic E-state index is 6.09. The zero-order valence-electron chi connectivity index (χ0n) is 11.7. The molecule has 0 fully saturated rings. The van der Waals surface area contributed by atoms with Gasteiger partial charge in [0, 0.05) is 23.7 Å². The van der Waals surface area contributed by atoms with Crippen LogP contribution in [0.1, 0.15) is 16.8 Å². The molecule has 3 aromatic rings. The molecule has 4 rings (SSSR count). The lowest BCUT2D eigenvalue weighted by molar-refractivity contribution is 0.481. The Hall–Kier alpha value is -2.81. The Labute approximate surface area is 123 Å². The van der Waals surface area contributed by atoms with Gasteiger partial charge < -0.3 is 9.30 Å². The van der Waals surface area contributed by atoms with Crippen LogP contribution in [-0.4, -0.2) is 9.55 Å². The van der Waals surface area contributed by atoms with Crippen LogP contribution in [0.4, 0.5) is 0 Å². The number of nitrogens with zero attached hydrogens (tertiary/aromatic N) is 2. The van der Waals surface area contributed by atoms with Crippen molar-refractivity contribution in [2.24, 2.45) is 7.05 Å². The van der Waals surface area contributed by atoms with E-state index >= 15 is 0 Å². The summed E-state index contributed by atoms with van der Waals surface area (Å²) in [7, 11) is 2.00. The van der Waals surface area contributed by atoms with Crippen LogP contribution in [0.3, 0.4) is 0 Å². The Balaban J connectivity index is 2.03. The molecule has 1 aromatic heterocycles. The van der Waals surface area contributed by atoms with Crippen LogP contribution >= 0.6 is 0 Å². The quantitative estimate of drug-likeness (QED) is 0.522. The molecule has 0 unspecified atom stereocenters. The summed E-state index contributed by atoms with van der Waals surface area (Å²) >= 11 is 0. The topological polar surface area (TPSA) is 27.1 Å². The molecule has 0 saturated heterocycles. The molecule has 0 aliphatic carbocycles. The highest BCUT2D eigenvalue weighted by Crippen LogP contribution is 2.40. The molecule has 0 atom stereocenters. The molecular weight excluding hydrogens is 260 g/mol. The predicted octanol–water partition coefficient (Wildman–Crippen LogP) is 4.11. The zero-order chi connectivity index (χ0) is 14.2. The third kappa shape index (κ3) is 1.94. The summed E-state index contributed by atoms with van der Waals surface area (Å²) in [4.78, 5) is 4.24. The summed E-state index contributed by atoms with van der Waals surface area (Å²) < 4.78 is 8.11. The molecule has 2 heterocycles. The van der Waals surface area contributed by atoms with Crippen LogP contribution in [0, 0.1) is 0 Å². The highest BCUT2D eigenvalue weighted by atomic mass is 16.5. The van der Waals surface area contributed by atoms with Crippen molar-refractivity contribution in [2.45, 2.75) is 0 Å². The Morgan fingerprint density at radius 2 is 1.71 bits per heavy atom. The van der Waals surface area contributed by atoms with Crippen molar-refractivity contribution in [3.63, 3.8) is 0 Å². The molecule has 0 amide bonds. The monoisotopic (exact) mass is 274 g/mol. The van der Waals surface area contributed by atoms with Crippen LogP contribution in [0.2, 0.25) is 0 Å². The smallest absolute Gasteiger partial charge is 0.135 e. The SMILES string of the molecule is Cn1cncc1C1=Cc2ccccc2Oc2ccccc21. The molecule has 0 bridgehead atoms. The minimum Gasteiger partial charge on any atom is -0.456 e. The average molecular weight is 274 g/mol. The number of fused-ring (bicyclic) bond motifs is 2. The van der Waals surface area contributed by atoms with Crippen molar-refractivity contribution < 1.29 is 4.74 Å². The number of benzene rings is 2. The van der Waals surface area contributed by atoms with E-state index in [-0.39, 0.29) is 0 Å². The molecule has 21 heavy (non-hydrogen) atoms. The van der Waals surface area contributed by atoms with E-state index < -0.39 is 0 Å². The largest absolute Gasteiger partial charge is 0.456 e. The molecule has 1 aliphatic rings. The van der Waals surface area contributed by atoms with Gasteiger partial charge in [0.1, 0.15) is 11.5 Å². The molecule has 1 aliphatic heterocycles. The second kappa shape index (κ2) is 4.63. The van der Waals surface area contributed by atoms with E-state index in [2.05, 4.69) is 23.2 Å². The fraction of sp³-hybridized carbons (Fsp3) is 0.0556. The first-order valence-electron chi connectivity index (χ1n) is 6.87. The second-order valence-corrected chi connectivity index (χ2v) is 5.08.